The average molecular weight is 351 g/mol. The van der Waals surface area contributed by atoms with Crippen molar-refractivity contribution >= 4 is 40.6 Å². The Morgan fingerprint density at radius 3 is 2.39 bits per heavy atom. The van der Waals surface area contributed by atoms with Crippen LogP contribution in [0, 0.1) is 10.1 Å². The van der Waals surface area contributed by atoms with Gasteiger partial charge in [0.15, 0.2) is 0 Å². The second-order valence-electron chi connectivity index (χ2n) is 4.76. The van der Waals surface area contributed by atoms with E-state index < -0.39 is 4.92 Å². The lowest BCUT2D eigenvalue weighted by Crippen LogP contribution is -2.11. The van der Waals surface area contributed by atoms with Crippen LogP contribution in [-0.2, 0) is 4.79 Å². The van der Waals surface area contributed by atoms with Crippen LogP contribution in [0.15, 0.2) is 53.4 Å². The average Bonchev–Trinajstić information content (AvgIpc) is 2.54. The fraction of sp³-hybridized carbons (Fsp3) is 0.188. The van der Waals surface area contributed by atoms with Crippen LogP contribution in [0.5, 0.6) is 0 Å². The number of anilines is 1. The maximum absolute atomic E-state index is 11.8. The summed E-state index contributed by atoms with van der Waals surface area (Å²) in [6, 6.07) is 13.4. The van der Waals surface area contributed by atoms with Gasteiger partial charge in [-0.2, -0.15) is 0 Å². The Morgan fingerprint density at radius 2 is 1.78 bits per heavy atom. The molecular weight excluding hydrogens is 336 g/mol. The second kappa shape index (κ2) is 8.55. The van der Waals surface area contributed by atoms with Crippen LogP contribution in [0.1, 0.15) is 12.8 Å². The van der Waals surface area contributed by atoms with E-state index in [1.165, 1.54) is 24.3 Å². The van der Waals surface area contributed by atoms with Gasteiger partial charge in [-0.1, -0.05) is 11.6 Å². The lowest BCUT2D eigenvalue weighted by atomic mass is 10.2. The van der Waals surface area contributed by atoms with Crippen LogP contribution < -0.4 is 5.32 Å². The van der Waals surface area contributed by atoms with Crippen LogP contribution in [0.4, 0.5) is 11.4 Å². The number of nitro benzene ring substituents is 1. The maximum atomic E-state index is 11.8. The molecule has 5 nitrogen and oxygen atoms in total. The van der Waals surface area contributed by atoms with E-state index >= 15 is 0 Å². The van der Waals surface area contributed by atoms with Gasteiger partial charge in [-0.05, 0) is 48.6 Å². The van der Waals surface area contributed by atoms with Crippen molar-refractivity contribution in [2.24, 2.45) is 0 Å². The molecule has 0 spiro atoms. The lowest BCUT2D eigenvalue weighted by molar-refractivity contribution is -0.384. The number of benzene rings is 2. The summed E-state index contributed by atoms with van der Waals surface area (Å²) in [6.45, 7) is 0. The largest absolute Gasteiger partial charge is 0.326 e. The summed E-state index contributed by atoms with van der Waals surface area (Å²) in [6.07, 6.45) is 1.14. The van der Waals surface area contributed by atoms with Crippen molar-refractivity contribution in [1.29, 1.82) is 0 Å². The van der Waals surface area contributed by atoms with Crippen molar-refractivity contribution in [3.05, 3.63) is 63.7 Å². The topological polar surface area (TPSA) is 72.2 Å². The first kappa shape index (κ1) is 17.3. The Balaban J connectivity index is 1.70. The number of carbonyl (C=O) groups excluding carboxylic acids is 1. The molecule has 0 aliphatic rings. The van der Waals surface area contributed by atoms with Gasteiger partial charge in [0.25, 0.3) is 5.69 Å². The normalized spacial score (nSPS) is 10.3. The molecule has 0 aliphatic heterocycles. The van der Waals surface area contributed by atoms with Crippen molar-refractivity contribution in [2.45, 2.75) is 17.7 Å². The highest BCUT2D eigenvalue weighted by Crippen LogP contribution is 2.21. The predicted molar refractivity (Wildman–Crippen MR) is 93.1 cm³/mol. The van der Waals surface area contributed by atoms with Crippen LogP contribution in [0.3, 0.4) is 0 Å². The zero-order chi connectivity index (χ0) is 16.7. The van der Waals surface area contributed by atoms with E-state index in [9.17, 15) is 14.9 Å². The SMILES string of the molecule is O=C(CCCSc1ccc(Cl)cc1)Nc1ccc([N+](=O)[O-])cc1. The van der Waals surface area contributed by atoms with E-state index in [0.717, 1.165) is 17.1 Å². The standard InChI is InChI=1S/C16H15ClN2O3S/c17-12-3-9-15(10-4-12)23-11-1-2-16(20)18-13-5-7-14(8-6-13)19(21)22/h3-10H,1-2,11H2,(H,18,20). The quantitative estimate of drug-likeness (QED) is 0.338. The van der Waals surface area contributed by atoms with Gasteiger partial charge < -0.3 is 5.32 Å². The Labute approximate surface area is 143 Å². The number of non-ortho nitro benzene ring substituents is 1. The summed E-state index contributed by atoms with van der Waals surface area (Å²) < 4.78 is 0. The van der Waals surface area contributed by atoms with E-state index in [2.05, 4.69) is 5.32 Å². The van der Waals surface area contributed by atoms with Gasteiger partial charge in [-0.3, -0.25) is 14.9 Å². The molecule has 1 N–H and O–H groups in total. The van der Waals surface area contributed by atoms with Gasteiger partial charge in [-0.25, -0.2) is 0 Å². The molecule has 0 heterocycles. The smallest absolute Gasteiger partial charge is 0.269 e. The lowest BCUT2D eigenvalue weighted by Gasteiger charge is -2.05. The summed E-state index contributed by atoms with van der Waals surface area (Å²) in [7, 11) is 0. The van der Waals surface area contributed by atoms with Crippen LogP contribution in [0.25, 0.3) is 0 Å². The summed E-state index contributed by atoms with van der Waals surface area (Å²) >= 11 is 7.49. The maximum Gasteiger partial charge on any atom is 0.269 e. The molecule has 2 aromatic carbocycles. The van der Waals surface area contributed by atoms with Gasteiger partial charge in [0.05, 0.1) is 4.92 Å². The van der Waals surface area contributed by atoms with Crippen LogP contribution in [0.2, 0.25) is 5.02 Å². The first-order valence-corrected chi connectivity index (χ1v) is 8.33. The highest BCUT2D eigenvalue weighted by Gasteiger charge is 2.06. The van der Waals surface area contributed by atoms with Crippen molar-refractivity contribution in [2.75, 3.05) is 11.1 Å². The fourth-order valence-electron chi connectivity index (χ4n) is 1.84. The number of halogens is 1. The molecule has 120 valence electrons. The molecule has 0 fully saturated rings. The number of carbonyl (C=O) groups is 1. The highest BCUT2D eigenvalue weighted by molar-refractivity contribution is 7.99. The number of hydrogen-bond donors (Lipinski definition) is 1. The number of nitrogens with one attached hydrogen (secondary N) is 1. The molecule has 0 aromatic heterocycles. The molecular formula is C16H15ClN2O3S. The van der Waals surface area contributed by atoms with Gasteiger partial charge >= 0.3 is 0 Å². The predicted octanol–water partition coefficient (Wildman–Crippen LogP) is 4.76. The molecule has 2 aromatic rings. The Kier molecular flexibility index (Phi) is 6.43. The van der Waals surface area contributed by atoms with Crippen molar-refractivity contribution < 1.29 is 9.72 Å². The van der Waals surface area contributed by atoms with E-state index in [0.29, 0.717) is 17.1 Å². The molecule has 0 radical (unpaired) electrons. The van der Waals surface area contributed by atoms with Crippen LogP contribution >= 0.6 is 23.4 Å². The van der Waals surface area contributed by atoms with Crippen LogP contribution in [-0.4, -0.2) is 16.6 Å². The minimum Gasteiger partial charge on any atom is -0.326 e. The molecule has 0 saturated carbocycles. The molecule has 0 atom stereocenters. The summed E-state index contributed by atoms with van der Waals surface area (Å²) in [4.78, 5) is 23.0. The number of amides is 1. The third-order valence-corrected chi connectivity index (χ3v) is 4.34. The van der Waals surface area contributed by atoms with Gasteiger partial charge in [0.1, 0.15) is 0 Å². The molecule has 7 heteroatoms. The second-order valence-corrected chi connectivity index (χ2v) is 6.36. The summed E-state index contributed by atoms with van der Waals surface area (Å²) in [5.41, 5.74) is 0.563. The summed E-state index contributed by atoms with van der Waals surface area (Å²) in [5.74, 6) is 0.727. The van der Waals surface area contributed by atoms with Gasteiger partial charge in [0, 0.05) is 34.2 Å². The number of nitrogens with zero attached hydrogens (tertiary/aromatic N) is 1. The van der Waals surface area contributed by atoms with E-state index in [4.69, 9.17) is 11.6 Å². The van der Waals surface area contributed by atoms with E-state index in [-0.39, 0.29) is 11.6 Å². The monoisotopic (exact) mass is 350 g/mol. The third kappa shape index (κ3) is 5.92. The number of rotatable bonds is 7. The Bertz CT molecular complexity index is 675. The van der Waals surface area contributed by atoms with E-state index in [1.54, 1.807) is 11.8 Å². The van der Waals surface area contributed by atoms with Crippen molar-refractivity contribution in [3.8, 4) is 0 Å². The summed E-state index contributed by atoms with van der Waals surface area (Å²) in [5, 5.41) is 14.0. The Hall–Kier alpha value is -2.05. The molecule has 0 saturated heterocycles. The number of nitro groups is 1. The molecule has 2 rings (SSSR count). The minimum absolute atomic E-state index is 0.00219. The Morgan fingerprint density at radius 1 is 1.13 bits per heavy atom. The van der Waals surface area contributed by atoms with E-state index in [1.807, 2.05) is 24.3 Å². The molecule has 0 aliphatic carbocycles. The molecule has 1 amide bonds. The zero-order valence-corrected chi connectivity index (χ0v) is 13.8. The minimum atomic E-state index is -0.473. The third-order valence-electron chi connectivity index (χ3n) is 2.99. The number of hydrogen-bond acceptors (Lipinski definition) is 4. The van der Waals surface area contributed by atoms with Gasteiger partial charge in [-0.15, -0.1) is 11.8 Å². The molecule has 0 bridgehead atoms. The highest BCUT2D eigenvalue weighted by atomic mass is 35.5. The zero-order valence-electron chi connectivity index (χ0n) is 12.2. The van der Waals surface area contributed by atoms with Crippen molar-refractivity contribution in [1.82, 2.24) is 0 Å². The van der Waals surface area contributed by atoms with Crippen molar-refractivity contribution in [3.63, 3.8) is 0 Å². The fourth-order valence-corrected chi connectivity index (χ4v) is 2.82. The van der Waals surface area contributed by atoms with Gasteiger partial charge in [0.2, 0.25) is 5.91 Å². The first-order chi connectivity index (χ1) is 11.0. The molecule has 0 unspecified atom stereocenters. The number of thioether (sulfide) groups is 1. The molecule has 23 heavy (non-hydrogen) atoms. The first-order valence-electron chi connectivity index (χ1n) is 6.97.